The van der Waals surface area contributed by atoms with Gasteiger partial charge in [0.1, 0.15) is 24.3 Å². The van der Waals surface area contributed by atoms with Crippen LogP contribution in [0.1, 0.15) is 37.5 Å². The second kappa shape index (κ2) is 7.56. The third-order valence-corrected chi connectivity index (χ3v) is 5.99. The molecule has 5 rings (SSSR count). The first-order valence-electron chi connectivity index (χ1n) is 9.52. The Balaban J connectivity index is 1.48. The Morgan fingerprint density at radius 3 is 2.61 bits per heavy atom. The highest BCUT2D eigenvalue weighted by Gasteiger charge is 2.48. The topological polar surface area (TPSA) is 105 Å². The van der Waals surface area contributed by atoms with Gasteiger partial charge < -0.3 is 9.64 Å². The number of carbonyl (C=O) groups excluding carboxylic acids is 3. The lowest BCUT2D eigenvalue weighted by Gasteiger charge is -2.40. The van der Waals surface area contributed by atoms with Crippen LogP contribution >= 0.6 is 11.3 Å². The number of hydrogen-bond acceptors (Lipinski definition) is 7. The number of rotatable bonds is 5. The van der Waals surface area contributed by atoms with Gasteiger partial charge in [0.2, 0.25) is 11.0 Å². The smallest absolute Gasteiger partial charge is 0.260 e. The number of ether oxygens (including phenoxy) is 1. The van der Waals surface area contributed by atoms with Crippen LogP contribution in [0.2, 0.25) is 0 Å². The third kappa shape index (κ3) is 3.16. The fourth-order valence-electron chi connectivity index (χ4n) is 3.93. The minimum atomic E-state index is -0.685. The van der Waals surface area contributed by atoms with Crippen LogP contribution in [-0.2, 0) is 16.1 Å². The van der Waals surface area contributed by atoms with E-state index >= 15 is 0 Å². The summed E-state index contributed by atoms with van der Waals surface area (Å²) in [5.41, 5.74) is 2.15. The van der Waals surface area contributed by atoms with Crippen molar-refractivity contribution >= 4 is 39.9 Å². The summed E-state index contributed by atoms with van der Waals surface area (Å²) in [5.74, 6) is -0.933. The van der Waals surface area contributed by atoms with E-state index < -0.39 is 12.1 Å². The quantitative estimate of drug-likeness (QED) is 0.660. The lowest BCUT2D eigenvalue weighted by atomic mass is 10.0. The van der Waals surface area contributed by atoms with Crippen LogP contribution in [0.3, 0.4) is 0 Å². The zero-order chi connectivity index (χ0) is 21.5. The Kier molecular flexibility index (Phi) is 4.72. The molecule has 0 radical (unpaired) electrons. The third-order valence-electron chi connectivity index (χ3n) is 5.18. The molecule has 2 aromatic carbocycles. The highest BCUT2D eigenvalue weighted by molar-refractivity contribution is 7.15. The van der Waals surface area contributed by atoms with Gasteiger partial charge in [-0.15, -0.1) is 10.2 Å². The van der Waals surface area contributed by atoms with Crippen molar-refractivity contribution < 1.29 is 19.1 Å². The Morgan fingerprint density at radius 1 is 1.06 bits per heavy atom. The molecule has 1 aromatic heterocycles. The second-order valence-electron chi connectivity index (χ2n) is 7.07. The van der Waals surface area contributed by atoms with E-state index in [0.29, 0.717) is 39.1 Å². The molecule has 0 saturated heterocycles. The predicted molar refractivity (Wildman–Crippen MR) is 113 cm³/mol. The van der Waals surface area contributed by atoms with Gasteiger partial charge in [-0.2, -0.15) is 0 Å². The van der Waals surface area contributed by atoms with E-state index in [-0.39, 0.29) is 18.4 Å². The number of para-hydroxylation sites is 1. The molecule has 10 heteroatoms. The number of nitrogens with zero attached hydrogens (tertiary/aromatic N) is 4. The Bertz CT molecular complexity index is 1210. The first kappa shape index (κ1) is 19.3. The van der Waals surface area contributed by atoms with Crippen molar-refractivity contribution in [1.82, 2.24) is 15.1 Å². The fraction of sp³-hybridized carbons (Fsp3) is 0.190. The average Bonchev–Trinajstić information content (AvgIpc) is 3.34. The Hall–Kier alpha value is -3.63. The molecule has 1 N–H and O–H groups in total. The molecule has 0 fully saturated rings. The maximum absolute atomic E-state index is 13.3. The summed E-state index contributed by atoms with van der Waals surface area (Å²) in [5, 5.41) is 11.5. The van der Waals surface area contributed by atoms with Crippen molar-refractivity contribution in [3.8, 4) is 0 Å². The normalized spacial score (nSPS) is 16.7. The lowest BCUT2D eigenvalue weighted by Crippen LogP contribution is -2.50. The number of hydrogen-bond donors (Lipinski definition) is 1. The van der Waals surface area contributed by atoms with Crippen molar-refractivity contribution in [2.75, 3.05) is 23.9 Å². The molecule has 0 aliphatic carbocycles. The zero-order valence-electron chi connectivity index (χ0n) is 16.4. The van der Waals surface area contributed by atoms with Gasteiger partial charge in [0, 0.05) is 18.2 Å². The number of carbonyl (C=O) groups is 3. The van der Waals surface area contributed by atoms with Gasteiger partial charge in [-0.05, 0) is 18.2 Å². The maximum Gasteiger partial charge on any atom is 0.260 e. The molecule has 31 heavy (non-hydrogen) atoms. The molecule has 1 atom stereocenters. The summed E-state index contributed by atoms with van der Waals surface area (Å²) in [4.78, 5) is 42.2. The largest absolute Gasteiger partial charge is 0.377 e. The van der Waals surface area contributed by atoms with E-state index in [9.17, 15) is 14.4 Å². The Morgan fingerprint density at radius 2 is 1.81 bits per heavy atom. The highest BCUT2D eigenvalue weighted by atomic mass is 32.1. The van der Waals surface area contributed by atoms with Crippen molar-refractivity contribution in [2.45, 2.75) is 12.8 Å². The number of nitrogens with one attached hydrogen (secondary N) is 1. The maximum atomic E-state index is 13.3. The average molecular weight is 435 g/mol. The number of methoxy groups -OCH3 is 1. The minimum absolute atomic E-state index is 0.195. The van der Waals surface area contributed by atoms with Gasteiger partial charge in [0.05, 0.1) is 11.3 Å². The molecule has 9 nitrogen and oxygen atoms in total. The molecule has 0 spiro atoms. The SMILES string of the molecule is COCc1nnc(NC(=O)CN2C(=O)c3ccccc3N3C(=O)c4ccccc4[C@@H]23)s1. The van der Waals surface area contributed by atoms with Gasteiger partial charge in [0.25, 0.3) is 11.8 Å². The summed E-state index contributed by atoms with van der Waals surface area (Å²) in [6, 6.07) is 14.1. The predicted octanol–water partition coefficient (Wildman–Crippen LogP) is 2.44. The molecule has 2 aliphatic heterocycles. The van der Waals surface area contributed by atoms with Crippen molar-refractivity contribution in [1.29, 1.82) is 0 Å². The molecule has 3 amide bonds. The summed E-state index contributed by atoms with van der Waals surface area (Å²) >= 11 is 1.20. The van der Waals surface area contributed by atoms with Crippen LogP contribution in [0, 0.1) is 0 Å². The van der Waals surface area contributed by atoms with E-state index in [1.54, 1.807) is 48.4 Å². The van der Waals surface area contributed by atoms with Gasteiger partial charge in [-0.3, -0.25) is 24.6 Å². The number of fused-ring (bicyclic) bond motifs is 5. The molecule has 2 aliphatic rings. The number of amides is 3. The molecule has 0 bridgehead atoms. The van der Waals surface area contributed by atoms with Crippen molar-refractivity contribution in [3.63, 3.8) is 0 Å². The zero-order valence-corrected chi connectivity index (χ0v) is 17.3. The highest BCUT2D eigenvalue weighted by Crippen LogP contribution is 2.44. The van der Waals surface area contributed by atoms with E-state index in [1.165, 1.54) is 16.2 Å². The van der Waals surface area contributed by atoms with Crippen LogP contribution in [-0.4, -0.2) is 46.5 Å². The van der Waals surface area contributed by atoms with Crippen LogP contribution in [0.25, 0.3) is 0 Å². The van der Waals surface area contributed by atoms with Crippen LogP contribution in [0.5, 0.6) is 0 Å². The van der Waals surface area contributed by atoms with E-state index in [4.69, 9.17) is 4.74 Å². The molecule has 3 heterocycles. The van der Waals surface area contributed by atoms with Crippen molar-refractivity contribution in [3.05, 3.63) is 70.2 Å². The summed E-state index contributed by atoms with van der Waals surface area (Å²) < 4.78 is 5.01. The number of anilines is 2. The fourth-order valence-corrected chi connectivity index (χ4v) is 4.66. The van der Waals surface area contributed by atoms with Gasteiger partial charge in [-0.25, -0.2) is 0 Å². The van der Waals surface area contributed by atoms with E-state index in [2.05, 4.69) is 15.5 Å². The standard InChI is InChI=1S/C21H17N5O4S/c1-30-11-17-23-24-21(31-17)22-16(27)10-25-18-12-6-2-3-7-13(12)20(29)26(18)15-9-5-4-8-14(15)19(25)28/h2-9,18H,10-11H2,1H3,(H,22,24,27)/t18-/m0/s1. The minimum Gasteiger partial charge on any atom is -0.377 e. The molecular weight excluding hydrogens is 418 g/mol. The van der Waals surface area contributed by atoms with Crippen LogP contribution in [0.15, 0.2) is 48.5 Å². The first-order valence-corrected chi connectivity index (χ1v) is 10.3. The molecule has 156 valence electrons. The van der Waals surface area contributed by atoms with E-state index in [0.717, 1.165) is 0 Å². The lowest BCUT2D eigenvalue weighted by molar-refractivity contribution is -0.117. The van der Waals surface area contributed by atoms with Crippen LogP contribution < -0.4 is 10.2 Å². The summed E-state index contributed by atoms with van der Waals surface area (Å²) in [6.45, 7) is 0.0556. The first-order chi connectivity index (χ1) is 15.1. The molecule has 3 aromatic rings. The van der Waals surface area contributed by atoms with E-state index in [1.807, 2.05) is 12.1 Å². The Labute approximate surface area is 181 Å². The second-order valence-corrected chi connectivity index (χ2v) is 8.13. The van der Waals surface area contributed by atoms with Gasteiger partial charge >= 0.3 is 0 Å². The molecule has 0 unspecified atom stereocenters. The van der Waals surface area contributed by atoms with Crippen molar-refractivity contribution in [2.24, 2.45) is 0 Å². The van der Waals surface area contributed by atoms with Crippen LogP contribution in [0.4, 0.5) is 10.8 Å². The number of benzene rings is 2. The monoisotopic (exact) mass is 435 g/mol. The number of aromatic nitrogens is 2. The molecular formula is C21H17N5O4S. The molecule has 0 saturated carbocycles. The summed E-state index contributed by atoms with van der Waals surface area (Å²) in [6.07, 6.45) is -0.685. The van der Waals surface area contributed by atoms with Gasteiger partial charge in [0.15, 0.2) is 0 Å². The summed E-state index contributed by atoms with van der Waals surface area (Å²) in [7, 11) is 1.55. The van der Waals surface area contributed by atoms with Gasteiger partial charge in [-0.1, -0.05) is 41.7 Å².